The summed E-state index contributed by atoms with van der Waals surface area (Å²) in [7, 11) is 0. The largest absolute Gasteiger partial charge is 0.462 e. The Morgan fingerprint density at radius 3 is 0.769 bits per heavy atom. The molecule has 0 aliphatic rings. The van der Waals surface area contributed by atoms with Gasteiger partial charge in [0.05, 0.1) is 0 Å². The van der Waals surface area contributed by atoms with Gasteiger partial charge in [0.15, 0.2) is 6.10 Å². The summed E-state index contributed by atoms with van der Waals surface area (Å²) in [6, 6.07) is 0. The number of allylic oxidation sites excluding steroid dienone is 2. The summed E-state index contributed by atoms with van der Waals surface area (Å²) in [6.07, 6.45) is 62.1. The second-order valence-corrected chi connectivity index (χ2v) is 19.9. The van der Waals surface area contributed by atoms with Gasteiger partial charge in [0.25, 0.3) is 0 Å². The molecule has 0 heterocycles. The molecular formula is C59H112O6. The highest BCUT2D eigenvalue weighted by Gasteiger charge is 2.19. The van der Waals surface area contributed by atoms with E-state index in [9.17, 15) is 14.4 Å². The fraction of sp³-hybridized carbons (Fsp3) is 0.915. The molecule has 0 aromatic rings. The number of hydrogen-bond acceptors (Lipinski definition) is 6. The topological polar surface area (TPSA) is 78.9 Å². The summed E-state index contributed by atoms with van der Waals surface area (Å²) >= 11 is 0. The Morgan fingerprint density at radius 1 is 0.292 bits per heavy atom. The van der Waals surface area contributed by atoms with Crippen LogP contribution in [0.3, 0.4) is 0 Å². The van der Waals surface area contributed by atoms with Crippen LogP contribution in [0.4, 0.5) is 0 Å². The van der Waals surface area contributed by atoms with Crippen LogP contribution in [0.5, 0.6) is 0 Å². The Bertz CT molecular complexity index is 1010. The number of carbonyl (C=O) groups excluding carboxylic acids is 3. The summed E-state index contributed by atoms with van der Waals surface area (Å²) in [5.74, 6) is -0.848. The van der Waals surface area contributed by atoms with E-state index < -0.39 is 6.10 Å². The van der Waals surface area contributed by atoms with E-state index in [0.717, 1.165) is 57.8 Å². The van der Waals surface area contributed by atoms with Gasteiger partial charge in [-0.25, -0.2) is 0 Å². The second kappa shape index (κ2) is 54.8. The Balaban J connectivity index is 4.25. The molecule has 0 radical (unpaired) electrons. The molecule has 0 N–H and O–H groups in total. The van der Waals surface area contributed by atoms with Gasteiger partial charge in [-0.2, -0.15) is 0 Å². The van der Waals surface area contributed by atoms with Crippen molar-refractivity contribution < 1.29 is 28.6 Å². The first-order chi connectivity index (χ1) is 32.0. The predicted molar refractivity (Wildman–Crippen MR) is 280 cm³/mol. The third-order valence-corrected chi connectivity index (χ3v) is 13.3. The molecule has 0 saturated heterocycles. The number of esters is 3. The van der Waals surface area contributed by atoms with Gasteiger partial charge in [0.2, 0.25) is 0 Å². The Kier molecular flexibility index (Phi) is 53.2. The number of carbonyl (C=O) groups is 3. The molecule has 0 rings (SSSR count). The first-order valence-electron chi connectivity index (χ1n) is 29.2. The van der Waals surface area contributed by atoms with Crippen LogP contribution in [0.2, 0.25) is 0 Å². The van der Waals surface area contributed by atoms with Crippen LogP contribution in [-0.4, -0.2) is 37.2 Å². The molecule has 0 saturated carbocycles. The highest BCUT2D eigenvalue weighted by atomic mass is 16.6. The van der Waals surface area contributed by atoms with E-state index in [2.05, 4.69) is 32.9 Å². The first-order valence-corrected chi connectivity index (χ1v) is 29.2. The minimum Gasteiger partial charge on any atom is -0.462 e. The average molecular weight is 918 g/mol. The van der Waals surface area contributed by atoms with E-state index >= 15 is 0 Å². The quantitative estimate of drug-likeness (QED) is 0.0262. The van der Waals surface area contributed by atoms with Crippen molar-refractivity contribution in [1.29, 1.82) is 0 Å². The van der Waals surface area contributed by atoms with Crippen molar-refractivity contribution >= 4 is 17.9 Å². The zero-order valence-electron chi connectivity index (χ0n) is 44.0. The fourth-order valence-electron chi connectivity index (χ4n) is 8.85. The van der Waals surface area contributed by atoms with E-state index in [1.807, 2.05) is 0 Å². The number of rotatable bonds is 54. The van der Waals surface area contributed by atoms with Crippen LogP contribution in [0.15, 0.2) is 12.2 Å². The standard InChI is InChI=1S/C59H112O6/c1-4-7-10-13-16-19-22-24-26-28-30-32-33-35-37-40-43-46-49-52-58(61)64-55-56(54-63-57(60)51-48-45-42-39-21-18-15-12-9-6-3)65-59(62)53-50-47-44-41-38-36-34-31-29-27-25-23-20-17-14-11-8-5-2/h28,30,56H,4-27,29,31-55H2,1-3H3/b30-28-. The van der Waals surface area contributed by atoms with Crippen LogP contribution in [0, 0.1) is 0 Å². The summed E-state index contributed by atoms with van der Waals surface area (Å²) in [4.78, 5) is 38.1. The van der Waals surface area contributed by atoms with Gasteiger partial charge < -0.3 is 14.2 Å². The smallest absolute Gasteiger partial charge is 0.306 e. The number of hydrogen-bond donors (Lipinski definition) is 0. The summed E-state index contributed by atoms with van der Waals surface area (Å²) < 4.78 is 16.9. The lowest BCUT2D eigenvalue weighted by molar-refractivity contribution is -0.167. The van der Waals surface area contributed by atoms with Crippen molar-refractivity contribution in [2.45, 2.75) is 335 Å². The van der Waals surface area contributed by atoms with Crippen molar-refractivity contribution in [3.05, 3.63) is 12.2 Å². The minimum atomic E-state index is -0.765. The van der Waals surface area contributed by atoms with E-state index in [1.165, 1.54) is 231 Å². The van der Waals surface area contributed by atoms with Gasteiger partial charge in [-0.15, -0.1) is 0 Å². The molecule has 6 heteroatoms. The van der Waals surface area contributed by atoms with Crippen molar-refractivity contribution in [3.8, 4) is 0 Å². The molecule has 0 aromatic carbocycles. The van der Waals surface area contributed by atoms with Crippen LogP contribution >= 0.6 is 0 Å². The molecule has 384 valence electrons. The number of ether oxygens (including phenoxy) is 3. The SMILES string of the molecule is CCCCCCCCCC/C=C\CCCCCCCCCC(=O)OCC(COC(=O)CCCCCCCCCCCC)OC(=O)CCCCCCCCCCCCCCCCCCCC. The van der Waals surface area contributed by atoms with Gasteiger partial charge >= 0.3 is 17.9 Å². The normalized spacial score (nSPS) is 12.0. The molecule has 0 amide bonds. The molecule has 0 bridgehead atoms. The zero-order valence-corrected chi connectivity index (χ0v) is 44.0. The predicted octanol–water partition coefficient (Wildman–Crippen LogP) is 19.3. The van der Waals surface area contributed by atoms with Gasteiger partial charge in [-0.1, -0.05) is 277 Å². The average Bonchev–Trinajstić information content (AvgIpc) is 3.30. The number of unbranched alkanes of at least 4 members (excludes halogenated alkanes) is 41. The third-order valence-electron chi connectivity index (χ3n) is 13.3. The van der Waals surface area contributed by atoms with Crippen LogP contribution < -0.4 is 0 Å². The van der Waals surface area contributed by atoms with Crippen molar-refractivity contribution in [3.63, 3.8) is 0 Å². The fourth-order valence-corrected chi connectivity index (χ4v) is 8.85. The van der Waals surface area contributed by atoms with E-state index in [-0.39, 0.29) is 31.1 Å². The summed E-state index contributed by atoms with van der Waals surface area (Å²) in [6.45, 7) is 6.68. The summed E-state index contributed by atoms with van der Waals surface area (Å²) in [5.41, 5.74) is 0. The summed E-state index contributed by atoms with van der Waals surface area (Å²) in [5, 5.41) is 0. The van der Waals surface area contributed by atoms with Crippen molar-refractivity contribution in [1.82, 2.24) is 0 Å². The maximum absolute atomic E-state index is 12.8. The monoisotopic (exact) mass is 917 g/mol. The lowest BCUT2D eigenvalue weighted by Gasteiger charge is -2.18. The maximum atomic E-state index is 12.8. The van der Waals surface area contributed by atoms with Gasteiger partial charge in [0, 0.05) is 19.3 Å². The Labute approximate surface area is 405 Å². The Morgan fingerprint density at radius 2 is 0.508 bits per heavy atom. The lowest BCUT2D eigenvalue weighted by atomic mass is 10.0. The highest BCUT2D eigenvalue weighted by Crippen LogP contribution is 2.17. The molecule has 0 aromatic heterocycles. The zero-order chi connectivity index (χ0) is 47.2. The molecule has 0 spiro atoms. The minimum absolute atomic E-state index is 0.0657. The third kappa shape index (κ3) is 53.0. The molecule has 1 atom stereocenters. The van der Waals surface area contributed by atoms with E-state index in [4.69, 9.17) is 14.2 Å². The molecule has 0 fully saturated rings. The van der Waals surface area contributed by atoms with Crippen LogP contribution in [-0.2, 0) is 28.6 Å². The Hall–Kier alpha value is -1.85. The van der Waals surface area contributed by atoms with Gasteiger partial charge in [-0.3, -0.25) is 14.4 Å². The first kappa shape index (κ1) is 63.1. The van der Waals surface area contributed by atoms with Crippen molar-refractivity contribution in [2.75, 3.05) is 13.2 Å². The van der Waals surface area contributed by atoms with E-state index in [0.29, 0.717) is 19.3 Å². The molecule has 1 unspecified atom stereocenters. The molecule has 65 heavy (non-hydrogen) atoms. The lowest BCUT2D eigenvalue weighted by Crippen LogP contribution is -2.30. The van der Waals surface area contributed by atoms with Gasteiger partial charge in [0.1, 0.15) is 13.2 Å². The van der Waals surface area contributed by atoms with Gasteiger partial charge in [-0.05, 0) is 44.9 Å². The van der Waals surface area contributed by atoms with Crippen molar-refractivity contribution in [2.24, 2.45) is 0 Å². The highest BCUT2D eigenvalue weighted by molar-refractivity contribution is 5.71. The van der Waals surface area contributed by atoms with Crippen LogP contribution in [0.25, 0.3) is 0 Å². The maximum Gasteiger partial charge on any atom is 0.306 e. The second-order valence-electron chi connectivity index (χ2n) is 19.9. The van der Waals surface area contributed by atoms with E-state index in [1.54, 1.807) is 0 Å². The molecule has 6 nitrogen and oxygen atoms in total. The van der Waals surface area contributed by atoms with Crippen LogP contribution in [0.1, 0.15) is 329 Å². The molecule has 0 aliphatic heterocycles. The molecule has 0 aliphatic carbocycles. The molecular weight excluding hydrogens is 805 g/mol.